The SMILES string of the molecule is O=C(CCn1cnc2ccccc2c1=O)N1C[C@H]2CNC[C@H]2C1. The van der Waals surface area contributed by atoms with Gasteiger partial charge in [0.15, 0.2) is 0 Å². The topological polar surface area (TPSA) is 67.2 Å². The van der Waals surface area contributed by atoms with Crippen LogP contribution in [0.15, 0.2) is 35.4 Å². The summed E-state index contributed by atoms with van der Waals surface area (Å²) >= 11 is 0. The third-order valence-corrected chi connectivity index (χ3v) is 5.04. The molecule has 1 amide bonds. The third-order valence-electron chi connectivity index (χ3n) is 5.04. The van der Waals surface area contributed by atoms with Crippen LogP contribution in [0.25, 0.3) is 10.9 Å². The van der Waals surface area contributed by atoms with Crippen molar-refractivity contribution in [2.24, 2.45) is 11.8 Å². The van der Waals surface area contributed by atoms with Crippen molar-refractivity contribution in [1.82, 2.24) is 19.8 Å². The van der Waals surface area contributed by atoms with Gasteiger partial charge in [0.1, 0.15) is 0 Å². The van der Waals surface area contributed by atoms with Crippen LogP contribution in [0.4, 0.5) is 0 Å². The molecule has 2 fully saturated rings. The van der Waals surface area contributed by atoms with Gasteiger partial charge in [-0.1, -0.05) is 12.1 Å². The Kier molecular flexibility index (Phi) is 3.61. The standard InChI is InChI=1S/C17H20N4O2/c22-16(21-9-12-7-18-8-13(12)10-21)5-6-20-11-19-15-4-2-1-3-14(15)17(20)23/h1-4,11-13,18H,5-10H2/t12-,13+. The molecule has 0 bridgehead atoms. The van der Waals surface area contributed by atoms with Gasteiger partial charge in [-0.05, 0) is 24.0 Å². The fourth-order valence-corrected chi connectivity index (χ4v) is 3.70. The number of nitrogens with zero attached hydrogens (tertiary/aromatic N) is 3. The Morgan fingerprint density at radius 1 is 1.22 bits per heavy atom. The van der Waals surface area contributed by atoms with Gasteiger partial charge < -0.3 is 10.2 Å². The van der Waals surface area contributed by atoms with E-state index in [1.165, 1.54) is 0 Å². The number of carbonyl (C=O) groups is 1. The molecule has 6 nitrogen and oxygen atoms in total. The highest BCUT2D eigenvalue weighted by Gasteiger charge is 2.37. The average molecular weight is 312 g/mol. The van der Waals surface area contributed by atoms with E-state index in [9.17, 15) is 9.59 Å². The number of nitrogens with one attached hydrogen (secondary N) is 1. The summed E-state index contributed by atoms with van der Waals surface area (Å²) in [7, 11) is 0. The van der Waals surface area contributed by atoms with Gasteiger partial charge in [0.05, 0.1) is 17.2 Å². The monoisotopic (exact) mass is 312 g/mol. The molecule has 2 aromatic rings. The number of fused-ring (bicyclic) bond motifs is 2. The molecule has 2 aliphatic rings. The van der Waals surface area contributed by atoms with Crippen LogP contribution >= 0.6 is 0 Å². The summed E-state index contributed by atoms with van der Waals surface area (Å²) in [4.78, 5) is 31.1. The number of aryl methyl sites for hydroxylation is 1. The second-order valence-corrected chi connectivity index (χ2v) is 6.49. The Labute approximate surface area is 134 Å². The highest BCUT2D eigenvalue weighted by molar-refractivity contribution is 5.77. The van der Waals surface area contributed by atoms with E-state index in [-0.39, 0.29) is 11.5 Å². The summed E-state index contributed by atoms with van der Waals surface area (Å²) in [5.41, 5.74) is 0.617. The van der Waals surface area contributed by atoms with E-state index in [1.807, 2.05) is 23.1 Å². The second kappa shape index (κ2) is 5.77. The van der Waals surface area contributed by atoms with Gasteiger partial charge in [0, 0.05) is 39.1 Å². The zero-order chi connectivity index (χ0) is 15.8. The van der Waals surface area contributed by atoms with Gasteiger partial charge in [-0.25, -0.2) is 4.98 Å². The fourth-order valence-electron chi connectivity index (χ4n) is 3.70. The van der Waals surface area contributed by atoms with Crippen LogP contribution in [0.1, 0.15) is 6.42 Å². The molecule has 0 unspecified atom stereocenters. The number of carbonyl (C=O) groups excluding carboxylic acids is 1. The van der Waals surface area contributed by atoms with Crippen molar-refractivity contribution in [3.63, 3.8) is 0 Å². The van der Waals surface area contributed by atoms with E-state index >= 15 is 0 Å². The molecular formula is C17H20N4O2. The van der Waals surface area contributed by atoms with Crippen molar-refractivity contribution in [1.29, 1.82) is 0 Å². The molecular weight excluding hydrogens is 292 g/mol. The van der Waals surface area contributed by atoms with Crippen LogP contribution in [0.3, 0.4) is 0 Å². The van der Waals surface area contributed by atoms with E-state index in [0.29, 0.717) is 35.7 Å². The molecule has 1 aromatic carbocycles. The third kappa shape index (κ3) is 2.63. The van der Waals surface area contributed by atoms with E-state index in [0.717, 1.165) is 26.2 Å². The smallest absolute Gasteiger partial charge is 0.261 e. The largest absolute Gasteiger partial charge is 0.342 e. The average Bonchev–Trinajstić information content (AvgIpc) is 3.16. The maximum Gasteiger partial charge on any atom is 0.261 e. The van der Waals surface area contributed by atoms with Crippen molar-refractivity contribution >= 4 is 16.8 Å². The van der Waals surface area contributed by atoms with Crippen molar-refractivity contribution in [3.05, 3.63) is 40.9 Å². The molecule has 2 saturated heterocycles. The highest BCUT2D eigenvalue weighted by Crippen LogP contribution is 2.26. The molecule has 4 rings (SSSR count). The Morgan fingerprint density at radius 2 is 1.96 bits per heavy atom. The molecule has 120 valence electrons. The van der Waals surface area contributed by atoms with Crippen molar-refractivity contribution in [2.45, 2.75) is 13.0 Å². The molecule has 2 atom stereocenters. The molecule has 1 aromatic heterocycles. The quantitative estimate of drug-likeness (QED) is 0.894. The van der Waals surface area contributed by atoms with Gasteiger partial charge in [0.2, 0.25) is 5.91 Å². The molecule has 6 heteroatoms. The summed E-state index contributed by atoms with van der Waals surface area (Å²) in [6.07, 6.45) is 1.90. The lowest BCUT2D eigenvalue weighted by atomic mass is 10.0. The molecule has 3 heterocycles. The van der Waals surface area contributed by atoms with Gasteiger partial charge in [-0.2, -0.15) is 0 Å². The lowest BCUT2D eigenvalue weighted by molar-refractivity contribution is -0.130. The predicted molar refractivity (Wildman–Crippen MR) is 87.0 cm³/mol. The molecule has 0 aliphatic carbocycles. The number of rotatable bonds is 3. The highest BCUT2D eigenvalue weighted by atomic mass is 16.2. The van der Waals surface area contributed by atoms with E-state index in [4.69, 9.17) is 0 Å². The minimum absolute atomic E-state index is 0.0779. The number of aromatic nitrogens is 2. The first kappa shape index (κ1) is 14.4. The van der Waals surface area contributed by atoms with E-state index < -0.39 is 0 Å². The van der Waals surface area contributed by atoms with Crippen LogP contribution in [-0.2, 0) is 11.3 Å². The van der Waals surface area contributed by atoms with E-state index in [1.54, 1.807) is 17.0 Å². The van der Waals surface area contributed by atoms with Crippen molar-refractivity contribution in [2.75, 3.05) is 26.2 Å². The summed E-state index contributed by atoms with van der Waals surface area (Å²) in [5, 5.41) is 3.98. The van der Waals surface area contributed by atoms with Crippen LogP contribution in [-0.4, -0.2) is 46.5 Å². The summed E-state index contributed by atoms with van der Waals surface area (Å²) in [6.45, 7) is 4.12. The number of amides is 1. The number of benzene rings is 1. The van der Waals surface area contributed by atoms with Gasteiger partial charge >= 0.3 is 0 Å². The summed E-state index contributed by atoms with van der Waals surface area (Å²) < 4.78 is 1.54. The Bertz CT molecular complexity index is 789. The number of likely N-dealkylation sites (tertiary alicyclic amines) is 1. The Morgan fingerprint density at radius 3 is 2.74 bits per heavy atom. The number of hydrogen-bond acceptors (Lipinski definition) is 4. The lowest BCUT2D eigenvalue weighted by Crippen LogP contribution is -2.33. The molecule has 0 spiro atoms. The minimum Gasteiger partial charge on any atom is -0.342 e. The van der Waals surface area contributed by atoms with Gasteiger partial charge in [-0.3, -0.25) is 14.2 Å². The lowest BCUT2D eigenvalue weighted by Gasteiger charge is -2.17. The van der Waals surface area contributed by atoms with Gasteiger partial charge in [-0.15, -0.1) is 0 Å². The van der Waals surface area contributed by atoms with Crippen LogP contribution in [0.2, 0.25) is 0 Å². The number of hydrogen-bond donors (Lipinski definition) is 1. The molecule has 1 N–H and O–H groups in total. The first-order valence-electron chi connectivity index (χ1n) is 8.15. The van der Waals surface area contributed by atoms with Crippen LogP contribution in [0, 0.1) is 11.8 Å². The van der Waals surface area contributed by atoms with Crippen LogP contribution in [0.5, 0.6) is 0 Å². The number of para-hydroxylation sites is 1. The Balaban J connectivity index is 1.44. The zero-order valence-electron chi connectivity index (χ0n) is 12.9. The summed E-state index contributed by atoms with van der Waals surface area (Å²) in [6, 6.07) is 7.29. The predicted octanol–water partition coefficient (Wildman–Crippen LogP) is 0.464. The molecule has 0 saturated carbocycles. The van der Waals surface area contributed by atoms with E-state index in [2.05, 4.69) is 10.3 Å². The molecule has 0 radical (unpaired) electrons. The maximum atomic E-state index is 12.4. The first-order chi connectivity index (χ1) is 11.2. The van der Waals surface area contributed by atoms with Crippen LogP contribution < -0.4 is 10.9 Å². The maximum absolute atomic E-state index is 12.4. The zero-order valence-corrected chi connectivity index (χ0v) is 12.9. The van der Waals surface area contributed by atoms with Crippen molar-refractivity contribution < 1.29 is 4.79 Å². The Hall–Kier alpha value is -2.21. The summed E-state index contributed by atoms with van der Waals surface area (Å²) in [5.74, 6) is 1.34. The molecule has 23 heavy (non-hydrogen) atoms. The van der Waals surface area contributed by atoms with Gasteiger partial charge in [0.25, 0.3) is 5.56 Å². The first-order valence-corrected chi connectivity index (χ1v) is 8.15. The second-order valence-electron chi connectivity index (χ2n) is 6.49. The minimum atomic E-state index is -0.0779. The van der Waals surface area contributed by atoms with Crippen molar-refractivity contribution in [3.8, 4) is 0 Å². The normalized spacial score (nSPS) is 23.4. The fraction of sp³-hybridized carbons (Fsp3) is 0.471. The molecule has 2 aliphatic heterocycles.